The molecule has 0 aromatic heterocycles. The predicted molar refractivity (Wildman–Crippen MR) is 77.8 cm³/mol. The maximum absolute atomic E-state index is 11.0. The largest absolute Gasteiger partial charge is 0.481 e. The zero-order valence-electron chi connectivity index (χ0n) is 12.2. The smallest absolute Gasteiger partial charge is 0.310 e. The van der Waals surface area contributed by atoms with Crippen molar-refractivity contribution in [3.05, 3.63) is 12.2 Å². The molecule has 2 heteroatoms. The number of unbranched alkanes of at least 4 members (excludes halogenated alkanes) is 7. The van der Waals surface area contributed by atoms with Crippen molar-refractivity contribution >= 4 is 5.97 Å². The van der Waals surface area contributed by atoms with Gasteiger partial charge >= 0.3 is 5.97 Å². The minimum atomic E-state index is -0.673. The summed E-state index contributed by atoms with van der Waals surface area (Å²) in [6, 6.07) is 0. The van der Waals surface area contributed by atoms with Crippen molar-refractivity contribution in [3.8, 4) is 0 Å². The molecule has 0 spiro atoms. The van der Waals surface area contributed by atoms with Gasteiger partial charge in [-0.15, -0.1) is 0 Å². The first-order valence-corrected chi connectivity index (χ1v) is 7.61. The summed E-state index contributed by atoms with van der Waals surface area (Å²) < 4.78 is 0. The van der Waals surface area contributed by atoms with Gasteiger partial charge in [-0.25, -0.2) is 0 Å². The van der Waals surface area contributed by atoms with Crippen molar-refractivity contribution in [2.45, 2.75) is 78.1 Å². The Labute approximate surface area is 112 Å². The van der Waals surface area contributed by atoms with E-state index in [1.807, 2.05) is 12.2 Å². The summed E-state index contributed by atoms with van der Waals surface area (Å²) in [5.41, 5.74) is 0. The molecule has 0 amide bonds. The number of carboxylic acids is 1. The first-order valence-electron chi connectivity index (χ1n) is 7.61. The number of carboxylic acid groups (broad SMARTS) is 1. The van der Waals surface area contributed by atoms with E-state index in [1.54, 1.807) is 0 Å². The lowest BCUT2D eigenvalue weighted by molar-refractivity contribution is -0.140. The van der Waals surface area contributed by atoms with Crippen LogP contribution in [0.15, 0.2) is 12.2 Å². The van der Waals surface area contributed by atoms with E-state index < -0.39 is 5.97 Å². The molecule has 0 aromatic carbocycles. The van der Waals surface area contributed by atoms with Crippen molar-refractivity contribution in [3.63, 3.8) is 0 Å². The summed E-state index contributed by atoms with van der Waals surface area (Å²) in [5.74, 6) is -0.944. The topological polar surface area (TPSA) is 37.3 Å². The minimum Gasteiger partial charge on any atom is -0.481 e. The van der Waals surface area contributed by atoms with Crippen LogP contribution in [-0.4, -0.2) is 11.1 Å². The summed E-state index contributed by atoms with van der Waals surface area (Å²) in [4.78, 5) is 11.0. The number of hydrogen-bond acceptors (Lipinski definition) is 1. The first-order chi connectivity index (χ1) is 8.72. The van der Waals surface area contributed by atoms with Gasteiger partial charge in [-0.05, 0) is 12.8 Å². The molecule has 1 atom stereocenters. The SMILES string of the molecule is CCCC=CC(CCCCCCCCC)C(=O)O. The first kappa shape index (κ1) is 17.2. The Morgan fingerprint density at radius 3 is 2.17 bits per heavy atom. The molecule has 0 saturated carbocycles. The number of allylic oxidation sites excluding steroid dienone is 1. The van der Waals surface area contributed by atoms with Crippen LogP contribution in [0.4, 0.5) is 0 Å². The highest BCUT2D eigenvalue weighted by Gasteiger charge is 2.12. The summed E-state index contributed by atoms with van der Waals surface area (Å²) >= 11 is 0. The molecular weight excluding hydrogens is 224 g/mol. The molecule has 0 aliphatic carbocycles. The summed E-state index contributed by atoms with van der Waals surface area (Å²) in [6.45, 7) is 4.33. The Balaban J connectivity index is 3.61. The molecule has 0 radical (unpaired) electrons. The third kappa shape index (κ3) is 10.4. The van der Waals surface area contributed by atoms with E-state index in [0.29, 0.717) is 0 Å². The summed E-state index contributed by atoms with van der Waals surface area (Å²) in [7, 11) is 0. The second-order valence-corrected chi connectivity index (χ2v) is 5.07. The van der Waals surface area contributed by atoms with Crippen LogP contribution in [0.25, 0.3) is 0 Å². The normalized spacial score (nSPS) is 13.0. The van der Waals surface area contributed by atoms with Crippen molar-refractivity contribution < 1.29 is 9.90 Å². The Hall–Kier alpha value is -0.790. The van der Waals surface area contributed by atoms with Crippen LogP contribution in [0.3, 0.4) is 0 Å². The van der Waals surface area contributed by atoms with Gasteiger partial charge in [0.2, 0.25) is 0 Å². The predicted octanol–water partition coefficient (Wildman–Crippen LogP) is 5.18. The molecular formula is C16H30O2. The lowest BCUT2D eigenvalue weighted by Crippen LogP contribution is -2.10. The average Bonchev–Trinajstić information content (AvgIpc) is 2.35. The minimum absolute atomic E-state index is 0.271. The molecule has 0 fully saturated rings. The summed E-state index contributed by atoms with van der Waals surface area (Å²) in [5, 5.41) is 9.09. The zero-order chi connectivity index (χ0) is 13.6. The lowest BCUT2D eigenvalue weighted by atomic mass is 9.99. The van der Waals surface area contributed by atoms with Gasteiger partial charge in [-0.1, -0.05) is 77.4 Å². The maximum Gasteiger partial charge on any atom is 0.310 e. The number of hydrogen-bond donors (Lipinski definition) is 1. The van der Waals surface area contributed by atoms with Crippen LogP contribution < -0.4 is 0 Å². The van der Waals surface area contributed by atoms with Crippen LogP contribution in [-0.2, 0) is 4.79 Å². The Kier molecular flexibility index (Phi) is 12.1. The van der Waals surface area contributed by atoms with Gasteiger partial charge in [0.15, 0.2) is 0 Å². The second-order valence-electron chi connectivity index (χ2n) is 5.07. The Morgan fingerprint density at radius 1 is 1.00 bits per heavy atom. The van der Waals surface area contributed by atoms with Crippen molar-refractivity contribution in [1.29, 1.82) is 0 Å². The molecule has 106 valence electrons. The summed E-state index contributed by atoms with van der Waals surface area (Å²) in [6.07, 6.45) is 15.5. The molecule has 0 saturated heterocycles. The maximum atomic E-state index is 11.0. The lowest BCUT2D eigenvalue weighted by Gasteiger charge is -2.07. The van der Waals surface area contributed by atoms with E-state index in [-0.39, 0.29) is 5.92 Å². The number of rotatable bonds is 12. The molecule has 0 aliphatic heterocycles. The zero-order valence-corrected chi connectivity index (χ0v) is 12.2. The molecule has 0 heterocycles. The molecule has 0 aromatic rings. The van der Waals surface area contributed by atoms with Gasteiger partial charge in [0.25, 0.3) is 0 Å². The van der Waals surface area contributed by atoms with E-state index in [4.69, 9.17) is 5.11 Å². The molecule has 1 unspecified atom stereocenters. The van der Waals surface area contributed by atoms with Crippen molar-refractivity contribution in [2.24, 2.45) is 5.92 Å². The fourth-order valence-corrected chi connectivity index (χ4v) is 2.05. The van der Waals surface area contributed by atoms with E-state index >= 15 is 0 Å². The molecule has 0 rings (SSSR count). The van der Waals surface area contributed by atoms with E-state index in [0.717, 1.165) is 25.7 Å². The van der Waals surface area contributed by atoms with E-state index in [9.17, 15) is 4.79 Å². The monoisotopic (exact) mass is 254 g/mol. The molecule has 2 nitrogen and oxygen atoms in total. The van der Waals surface area contributed by atoms with Gasteiger partial charge in [-0.2, -0.15) is 0 Å². The molecule has 0 aliphatic rings. The van der Waals surface area contributed by atoms with Crippen LogP contribution >= 0.6 is 0 Å². The third-order valence-corrected chi connectivity index (χ3v) is 3.26. The van der Waals surface area contributed by atoms with Crippen LogP contribution in [0.1, 0.15) is 78.1 Å². The van der Waals surface area contributed by atoms with Crippen molar-refractivity contribution in [1.82, 2.24) is 0 Å². The highest BCUT2D eigenvalue weighted by Crippen LogP contribution is 2.14. The van der Waals surface area contributed by atoms with E-state index in [1.165, 1.54) is 38.5 Å². The number of carbonyl (C=O) groups is 1. The fraction of sp³-hybridized carbons (Fsp3) is 0.812. The number of aliphatic carboxylic acids is 1. The average molecular weight is 254 g/mol. The Bertz CT molecular complexity index is 221. The quantitative estimate of drug-likeness (QED) is 0.384. The Morgan fingerprint density at radius 2 is 1.61 bits per heavy atom. The van der Waals surface area contributed by atoms with Gasteiger partial charge in [0.1, 0.15) is 0 Å². The third-order valence-electron chi connectivity index (χ3n) is 3.26. The fourth-order valence-electron chi connectivity index (χ4n) is 2.05. The second kappa shape index (κ2) is 12.7. The van der Waals surface area contributed by atoms with Crippen LogP contribution in [0, 0.1) is 5.92 Å². The molecule has 18 heavy (non-hydrogen) atoms. The van der Waals surface area contributed by atoms with Gasteiger partial charge in [-0.3, -0.25) is 4.79 Å². The van der Waals surface area contributed by atoms with Crippen LogP contribution in [0.5, 0.6) is 0 Å². The van der Waals surface area contributed by atoms with Gasteiger partial charge in [0.05, 0.1) is 5.92 Å². The molecule has 1 N–H and O–H groups in total. The standard InChI is InChI=1S/C16H30O2/c1-3-5-7-8-9-10-12-14-15(16(17)18)13-11-6-4-2/h11,13,15H,3-10,12,14H2,1-2H3,(H,17,18). The van der Waals surface area contributed by atoms with Gasteiger partial charge in [0, 0.05) is 0 Å². The highest BCUT2D eigenvalue weighted by molar-refractivity contribution is 5.72. The van der Waals surface area contributed by atoms with E-state index in [2.05, 4.69) is 13.8 Å². The highest BCUT2D eigenvalue weighted by atomic mass is 16.4. The van der Waals surface area contributed by atoms with Gasteiger partial charge < -0.3 is 5.11 Å². The van der Waals surface area contributed by atoms with Crippen molar-refractivity contribution in [2.75, 3.05) is 0 Å². The van der Waals surface area contributed by atoms with Crippen LogP contribution in [0.2, 0.25) is 0 Å². The molecule has 0 bridgehead atoms.